The number of ether oxygens (including phenoxy) is 1. The van der Waals surface area contributed by atoms with E-state index in [0.717, 1.165) is 32.1 Å². The van der Waals surface area contributed by atoms with Crippen molar-refractivity contribution < 1.29 is 9.53 Å². The van der Waals surface area contributed by atoms with Gasteiger partial charge in [0.15, 0.2) is 0 Å². The number of rotatable bonds is 7. The Morgan fingerprint density at radius 3 is 3.09 bits per heavy atom. The fraction of sp³-hybridized carbons (Fsp3) is 0.529. The molecule has 1 aliphatic rings. The number of pyridine rings is 1. The Labute approximate surface area is 137 Å². The summed E-state index contributed by atoms with van der Waals surface area (Å²) in [6.07, 6.45) is 3.23. The minimum atomic E-state index is -0.139. The second-order valence-electron chi connectivity index (χ2n) is 5.82. The third-order valence-electron chi connectivity index (χ3n) is 4.00. The zero-order chi connectivity index (χ0) is 16.7. The van der Waals surface area contributed by atoms with Gasteiger partial charge < -0.3 is 15.4 Å². The van der Waals surface area contributed by atoms with Crippen LogP contribution in [0.4, 0.5) is 5.82 Å². The molecule has 1 aromatic rings. The van der Waals surface area contributed by atoms with Crippen LogP contribution in [0.3, 0.4) is 0 Å². The molecule has 1 aliphatic heterocycles. The highest BCUT2D eigenvalue weighted by Crippen LogP contribution is 2.12. The number of aromatic nitrogens is 1. The highest BCUT2D eigenvalue weighted by atomic mass is 16.5. The molecule has 0 bridgehead atoms. The monoisotopic (exact) mass is 318 g/mol. The third-order valence-corrected chi connectivity index (χ3v) is 4.00. The van der Waals surface area contributed by atoms with Crippen LogP contribution in [0.2, 0.25) is 0 Å². The van der Waals surface area contributed by atoms with Crippen LogP contribution in [-0.4, -0.2) is 60.7 Å². The predicted octanol–water partition coefficient (Wildman–Crippen LogP) is 1.52. The van der Waals surface area contributed by atoms with Crippen LogP contribution in [0.25, 0.3) is 0 Å². The Hall–Kier alpha value is -1.92. The number of carbonyl (C=O) groups is 1. The first kappa shape index (κ1) is 17.4. The van der Waals surface area contributed by atoms with Gasteiger partial charge >= 0.3 is 0 Å². The molecule has 23 heavy (non-hydrogen) atoms. The predicted molar refractivity (Wildman–Crippen MR) is 91.7 cm³/mol. The molecule has 2 atom stereocenters. The van der Waals surface area contributed by atoms with E-state index in [0.29, 0.717) is 24.2 Å². The molecule has 1 fully saturated rings. The maximum absolute atomic E-state index is 11.8. The maximum Gasteiger partial charge on any atom is 0.253 e. The molecule has 1 saturated heterocycles. The molecular formula is C17H26N4O2. The van der Waals surface area contributed by atoms with Crippen molar-refractivity contribution in [2.75, 3.05) is 38.2 Å². The van der Waals surface area contributed by atoms with E-state index in [1.165, 1.54) is 0 Å². The summed E-state index contributed by atoms with van der Waals surface area (Å²) in [5.41, 5.74) is 0.548. The molecular weight excluding hydrogens is 292 g/mol. The Balaban J connectivity index is 1.83. The second-order valence-corrected chi connectivity index (χ2v) is 5.82. The number of nitrogens with one attached hydrogen (secondary N) is 2. The van der Waals surface area contributed by atoms with Crippen molar-refractivity contribution >= 4 is 11.7 Å². The fourth-order valence-corrected chi connectivity index (χ4v) is 2.66. The summed E-state index contributed by atoms with van der Waals surface area (Å²) in [4.78, 5) is 18.5. The van der Waals surface area contributed by atoms with Crippen molar-refractivity contribution in [3.63, 3.8) is 0 Å². The summed E-state index contributed by atoms with van der Waals surface area (Å²) in [5.74, 6) is 0.637. The van der Waals surface area contributed by atoms with Crippen molar-refractivity contribution in [3.8, 4) is 0 Å². The van der Waals surface area contributed by atoms with Gasteiger partial charge in [-0.25, -0.2) is 4.98 Å². The third kappa shape index (κ3) is 5.04. The molecule has 0 aliphatic carbocycles. The lowest BCUT2D eigenvalue weighted by molar-refractivity contribution is -0.0159. The summed E-state index contributed by atoms with van der Waals surface area (Å²) in [5, 5.41) is 6.06. The van der Waals surface area contributed by atoms with Crippen molar-refractivity contribution in [3.05, 3.63) is 36.5 Å². The zero-order valence-electron chi connectivity index (χ0n) is 13.9. The number of hydrogen-bond acceptors (Lipinski definition) is 5. The molecule has 0 saturated carbocycles. The van der Waals surface area contributed by atoms with Crippen LogP contribution in [0.5, 0.6) is 0 Å². The van der Waals surface area contributed by atoms with Crippen LogP contribution >= 0.6 is 0 Å². The largest absolute Gasteiger partial charge is 0.379 e. The first-order valence-corrected chi connectivity index (χ1v) is 8.04. The molecule has 6 heteroatoms. The van der Waals surface area contributed by atoms with E-state index >= 15 is 0 Å². The van der Waals surface area contributed by atoms with E-state index in [9.17, 15) is 4.79 Å². The molecule has 2 rings (SSSR count). The standard InChI is InChI=1S/C17H26N4O2/c1-4-7-18-17(22)15-5-6-16(20-11-15)19-10-13(2)21-8-9-23-12-14(21)3/h4-6,11,13-14H,1,7-10,12H2,2-3H3,(H,18,22)(H,19,20). The van der Waals surface area contributed by atoms with Crippen molar-refractivity contribution in [1.82, 2.24) is 15.2 Å². The number of hydrogen-bond donors (Lipinski definition) is 2. The van der Waals surface area contributed by atoms with Gasteiger partial charge in [0, 0.05) is 37.9 Å². The van der Waals surface area contributed by atoms with Crippen LogP contribution in [0.1, 0.15) is 24.2 Å². The Morgan fingerprint density at radius 2 is 2.43 bits per heavy atom. The number of amides is 1. The van der Waals surface area contributed by atoms with Gasteiger partial charge in [0.2, 0.25) is 0 Å². The Bertz CT molecular complexity index is 518. The van der Waals surface area contributed by atoms with Gasteiger partial charge in [-0.15, -0.1) is 6.58 Å². The minimum absolute atomic E-state index is 0.139. The lowest BCUT2D eigenvalue weighted by Crippen LogP contribution is -2.50. The van der Waals surface area contributed by atoms with E-state index in [2.05, 4.69) is 40.9 Å². The highest BCUT2D eigenvalue weighted by Gasteiger charge is 2.23. The number of anilines is 1. The quantitative estimate of drug-likeness (QED) is 0.746. The molecule has 2 heterocycles. The topological polar surface area (TPSA) is 66.5 Å². The van der Waals surface area contributed by atoms with Gasteiger partial charge in [-0.05, 0) is 26.0 Å². The Morgan fingerprint density at radius 1 is 1.61 bits per heavy atom. The van der Waals surface area contributed by atoms with Gasteiger partial charge in [-0.3, -0.25) is 9.69 Å². The summed E-state index contributed by atoms with van der Waals surface area (Å²) in [6.45, 7) is 11.8. The van der Waals surface area contributed by atoms with Crippen LogP contribution in [-0.2, 0) is 4.74 Å². The highest BCUT2D eigenvalue weighted by molar-refractivity contribution is 5.94. The molecule has 2 unspecified atom stereocenters. The number of nitrogens with zero attached hydrogens (tertiary/aromatic N) is 2. The van der Waals surface area contributed by atoms with Crippen LogP contribution < -0.4 is 10.6 Å². The fourth-order valence-electron chi connectivity index (χ4n) is 2.66. The smallest absolute Gasteiger partial charge is 0.253 e. The average molecular weight is 318 g/mol. The van der Waals surface area contributed by atoms with Gasteiger partial charge in [0.1, 0.15) is 5.82 Å². The Kier molecular flexibility index (Phi) is 6.55. The molecule has 0 aromatic carbocycles. The molecule has 126 valence electrons. The number of carbonyl (C=O) groups excluding carboxylic acids is 1. The summed E-state index contributed by atoms with van der Waals surface area (Å²) in [6, 6.07) is 4.43. The lowest BCUT2D eigenvalue weighted by Gasteiger charge is -2.37. The van der Waals surface area contributed by atoms with E-state index in [4.69, 9.17) is 4.74 Å². The second kappa shape index (κ2) is 8.64. The lowest BCUT2D eigenvalue weighted by atomic mass is 10.2. The molecule has 0 spiro atoms. The number of morpholine rings is 1. The molecule has 2 N–H and O–H groups in total. The first-order chi connectivity index (χ1) is 11.1. The van der Waals surface area contributed by atoms with E-state index < -0.39 is 0 Å². The SMILES string of the molecule is C=CCNC(=O)c1ccc(NCC(C)N2CCOCC2C)nc1. The average Bonchev–Trinajstić information content (AvgIpc) is 2.58. The van der Waals surface area contributed by atoms with Crippen molar-refractivity contribution in [2.45, 2.75) is 25.9 Å². The minimum Gasteiger partial charge on any atom is -0.379 e. The maximum atomic E-state index is 11.8. The normalized spacial score (nSPS) is 19.8. The first-order valence-electron chi connectivity index (χ1n) is 8.04. The van der Waals surface area contributed by atoms with E-state index in [-0.39, 0.29) is 5.91 Å². The summed E-state index contributed by atoms with van der Waals surface area (Å²) < 4.78 is 5.47. The van der Waals surface area contributed by atoms with E-state index in [1.807, 2.05) is 6.07 Å². The van der Waals surface area contributed by atoms with Crippen molar-refractivity contribution in [2.24, 2.45) is 0 Å². The van der Waals surface area contributed by atoms with Gasteiger partial charge in [0.25, 0.3) is 5.91 Å². The summed E-state index contributed by atoms with van der Waals surface area (Å²) in [7, 11) is 0. The van der Waals surface area contributed by atoms with Gasteiger partial charge in [-0.1, -0.05) is 6.08 Å². The van der Waals surface area contributed by atoms with Gasteiger partial charge in [0.05, 0.1) is 18.8 Å². The van der Waals surface area contributed by atoms with Crippen molar-refractivity contribution in [1.29, 1.82) is 0 Å². The summed E-state index contributed by atoms with van der Waals surface area (Å²) >= 11 is 0. The molecule has 1 aromatic heterocycles. The van der Waals surface area contributed by atoms with E-state index in [1.54, 1.807) is 18.3 Å². The molecule has 6 nitrogen and oxygen atoms in total. The van der Waals surface area contributed by atoms with Gasteiger partial charge in [-0.2, -0.15) is 0 Å². The molecule has 0 radical (unpaired) electrons. The zero-order valence-corrected chi connectivity index (χ0v) is 13.9. The van der Waals surface area contributed by atoms with Crippen LogP contribution in [0, 0.1) is 0 Å². The molecule has 1 amide bonds. The van der Waals surface area contributed by atoms with Crippen LogP contribution in [0.15, 0.2) is 31.0 Å².